The van der Waals surface area contributed by atoms with Gasteiger partial charge in [-0.2, -0.15) is 0 Å². The first kappa shape index (κ1) is 24.2. The fraction of sp³-hybridized carbons (Fsp3) is 0.250. The Morgan fingerprint density at radius 1 is 1.09 bits per heavy atom. The smallest absolute Gasteiger partial charge is 0.334 e. The van der Waals surface area contributed by atoms with Gasteiger partial charge >= 0.3 is 6.03 Å². The second kappa shape index (κ2) is 9.74. The zero-order chi connectivity index (χ0) is 24.6. The molecule has 0 fully saturated rings. The van der Waals surface area contributed by atoms with Crippen LogP contribution in [-0.4, -0.2) is 37.7 Å². The predicted octanol–water partition coefficient (Wildman–Crippen LogP) is 6.37. The minimum absolute atomic E-state index is 0.213. The van der Waals surface area contributed by atoms with Crippen LogP contribution in [0.5, 0.6) is 0 Å². The zero-order valence-corrected chi connectivity index (χ0v) is 20.4. The lowest BCUT2D eigenvalue weighted by atomic mass is 9.99. The maximum absolute atomic E-state index is 15.4. The molecular formula is C24H23Cl2F2N5O. The topological polar surface area (TPSA) is 60.5 Å². The fourth-order valence-corrected chi connectivity index (χ4v) is 4.33. The average molecular weight is 506 g/mol. The molecule has 4 rings (SSSR count). The van der Waals surface area contributed by atoms with Crippen molar-refractivity contribution in [2.24, 2.45) is 0 Å². The second-order valence-electron chi connectivity index (χ2n) is 7.77. The summed E-state index contributed by atoms with van der Waals surface area (Å²) in [6, 6.07) is 6.53. The number of hydrogen-bond acceptors (Lipinski definition) is 4. The Labute approximate surface area is 206 Å². The monoisotopic (exact) mass is 505 g/mol. The van der Waals surface area contributed by atoms with Crippen molar-refractivity contribution < 1.29 is 13.6 Å². The summed E-state index contributed by atoms with van der Waals surface area (Å²) in [7, 11) is 1.78. The Balaban J connectivity index is 1.97. The van der Waals surface area contributed by atoms with E-state index in [4.69, 9.17) is 23.2 Å². The summed E-state index contributed by atoms with van der Waals surface area (Å²) in [6.07, 6.45) is 1.46. The van der Waals surface area contributed by atoms with Crippen molar-refractivity contribution in [1.29, 1.82) is 0 Å². The average Bonchev–Trinajstić information content (AvgIpc) is 2.89. The number of likely N-dealkylation sites (N-methyl/N-ethyl adjacent to an activating group) is 1. The van der Waals surface area contributed by atoms with Crippen LogP contribution in [0.4, 0.5) is 36.5 Å². The number of hydrogen-bond donors (Lipinski definition) is 2. The molecule has 0 unspecified atom stereocenters. The molecule has 1 aromatic heterocycles. The number of pyridine rings is 1. The number of carbonyl (C=O) groups excluding carboxylic acids is 1. The van der Waals surface area contributed by atoms with E-state index in [-0.39, 0.29) is 17.9 Å². The van der Waals surface area contributed by atoms with Crippen molar-refractivity contribution in [3.05, 3.63) is 63.8 Å². The highest BCUT2D eigenvalue weighted by Crippen LogP contribution is 2.47. The molecule has 0 aliphatic carbocycles. The van der Waals surface area contributed by atoms with Crippen molar-refractivity contribution in [1.82, 2.24) is 10.3 Å². The number of carbonyl (C=O) groups is 1. The van der Waals surface area contributed by atoms with Gasteiger partial charge in [0, 0.05) is 47.7 Å². The van der Waals surface area contributed by atoms with E-state index in [1.165, 1.54) is 29.3 Å². The first-order valence-corrected chi connectivity index (χ1v) is 11.5. The van der Waals surface area contributed by atoms with Gasteiger partial charge in [0.2, 0.25) is 0 Å². The Hall–Kier alpha value is -2.94. The fourth-order valence-electron chi connectivity index (χ4n) is 4.02. The van der Waals surface area contributed by atoms with Gasteiger partial charge in [0.15, 0.2) is 11.6 Å². The molecular weight excluding hydrogens is 483 g/mol. The second-order valence-corrected chi connectivity index (χ2v) is 8.62. The maximum Gasteiger partial charge on any atom is 0.334 e. The molecule has 3 aromatic rings. The summed E-state index contributed by atoms with van der Waals surface area (Å²) in [5.74, 6) is -1.43. The molecule has 178 valence electrons. The quantitative estimate of drug-likeness (QED) is 0.382. The number of benzene rings is 2. The first-order chi connectivity index (χ1) is 16.3. The normalized spacial score (nSPS) is 13.0. The Bertz CT molecular complexity index is 1250. The predicted molar refractivity (Wildman–Crippen MR) is 134 cm³/mol. The van der Waals surface area contributed by atoms with E-state index in [1.807, 2.05) is 6.92 Å². The number of amides is 2. The number of fused-ring (bicyclic) bond motifs is 3. The number of nitrogens with one attached hydrogen (secondary N) is 2. The number of halogens is 4. The Kier molecular flexibility index (Phi) is 6.93. The van der Waals surface area contributed by atoms with Crippen molar-refractivity contribution in [2.45, 2.75) is 13.8 Å². The lowest BCUT2D eigenvalue weighted by Gasteiger charge is -2.28. The van der Waals surface area contributed by atoms with Gasteiger partial charge in [0.25, 0.3) is 0 Å². The van der Waals surface area contributed by atoms with Crippen LogP contribution in [0.15, 0.2) is 36.5 Å². The molecule has 1 aliphatic rings. The molecule has 6 nitrogen and oxygen atoms in total. The number of rotatable bonds is 6. The third-order valence-electron chi connectivity index (χ3n) is 5.67. The summed E-state index contributed by atoms with van der Waals surface area (Å²) in [5, 5.41) is 6.62. The van der Waals surface area contributed by atoms with Gasteiger partial charge in [0.1, 0.15) is 11.5 Å². The molecule has 0 bridgehead atoms. The lowest BCUT2D eigenvalue weighted by molar-refractivity contribution is 0.253. The van der Waals surface area contributed by atoms with Crippen LogP contribution in [0.3, 0.4) is 0 Å². The molecule has 0 spiro atoms. The molecule has 0 radical (unpaired) electrons. The van der Waals surface area contributed by atoms with Gasteiger partial charge in [0.05, 0.1) is 10.7 Å². The molecule has 34 heavy (non-hydrogen) atoms. The van der Waals surface area contributed by atoms with Crippen molar-refractivity contribution in [3.8, 4) is 11.1 Å². The molecule has 10 heteroatoms. The molecule has 1 aliphatic heterocycles. The van der Waals surface area contributed by atoms with E-state index in [9.17, 15) is 4.79 Å². The van der Waals surface area contributed by atoms with E-state index in [1.54, 1.807) is 26.1 Å². The van der Waals surface area contributed by atoms with Gasteiger partial charge in [-0.1, -0.05) is 29.3 Å². The molecule has 0 saturated heterocycles. The standard InChI is InChI=1S/C24H23Cl2F2N5O/c1-4-32-23-21(13(2)17(26)12-31-23)16-6-5-14(25)9-20(16)33(24(32)34)22-18(27)10-15(11-19(22)28)30-8-7-29-3/h5-6,9-12,29-30H,4,7-8H2,1-3H3. The third kappa shape index (κ3) is 4.17. The summed E-state index contributed by atoms with van der Waals surface area (Å²) in [6.45, 7) is 4.86. The van der Waals surface area contributed by atoms with Gasteiger partial charge in [-0.25, -0.2) is 18.6 Å². The highest BCUT2D eigenvalue weighted by Gasteiger charge is 2.37. The summed E-state index contributed by atoms with van der Waals surface area (Å²) in [5.41, 5.74) is 1.82. The van der Waals surface area contributed by atoms with Gasteiger partial charge < -0.3 is 10.6 Å². The molecule has 0 saturated carbocycles. The zero-order valence-electron chi connectivity index (χ0n) is 18.8. The van der Waals surface area contributed by atoms with E-state index in [0.717, 1.165) is 4.90 Å². The van der Waals surface area contributed by atoms with Crippen molar-refractivity contribution in [3.63, 3.8) is 0 Å². The SMILES string of the molecule is CCN1C(=O)N(c2c(F)cc(NCCNC)cc2F)c2cc(Cl)ccc2-c2c1ncc(Cl)c2C. The van der Waals surface area contributed by atoms with Crippen LogP contribution in [0.1, 0.15) is 12.5 Å². The Morgan fingerprint density at radius 3 is 2.44 bits per heavy atom. The van der Waals surface area contributed by atoms with Crippen LogP contribution < -0.4 is 20.4 Å². The van der Waals surface area contributed by atoms with Crippen LogP contribution in [0.2, 0.25) is 10.0 Å². The number of urea groups is 1. The van der Waals surface area contributed by atoms with Gasteiger partial charge in [-0.05, 0) is 50.7 Å². The molecule has 0 atom stereocenters. The summed E-state index contributed by atoms with van der Waals surface area (Å²) >= 11 is 12.6. The first-order valence-electron chi connectivity index (χ1n) is 10.7. The lowest BCUT2D eigenvalue weighted by Crippen LogP contribution is -2.41. The number of aromatic nitrogens is 1. The van der Waals surface area contributed by atoms with Gasteiger partial charge in [-0.3, -0.25) is 9.80 Å². The van der Waals surface area contributed by atoms with Crippen LogP contribution in [-0.2, 0) is 0 Å². The van der Waals surface area contributed by atoms with E-state index in [2.05, 4.69) is 15.6 Å². The van der Waals surface area contributed by atoms with Crippen molar-refractivity contribution in [2.75, 3.05) is 41.8 Å². The molecule has 2 amide bonds. The Morgan fingerprint density at radius 2 is 1.79 bits per heavy atom. The molecule has 2 N–H and O–H groups in total. The van der Waals surface area contributed by atoms with Crippen LogP contribution in [0, 0.1) is 18.6 Å². The highest BCUT2D eigenvalue weighted by atomic mass is 35.5. The van der Waals surface area contributed by atoms with Gasteiger partial charge in [-0.15, -0.1) is 0 Å². The largest absolute Gasteiger partial charge is 0.384 e. The number of anilines is 4. The highest BCUT2D eigenvalue weighted by molar-refractivity contribution is 6.32. The minimum Gasteiger partial charge on any atom is -0.384 e. The van der Waals surface area contributed by atoms with Crippen LogP contribution in [0.25, 0.3) is 11.1 Å². The van der Waals surface area contributed by atoms with Crippen LogP contribution >= 0.6 is 23.2 Å². The molecule has 2 aromatic carbocycles. The van der Waals surface area contributed by atoms with Crippen molar-refractivity contribution >= 4 is 52.1 Å². The summed E-state index contributed by atoms with van der Waals surface area (Å²) in [4.78, 5) is 20.6. The third-order valence-corrected chi connectivity index (χ3v) is 6.28. The van der Waals surface area contributed by atoms with E-state index < -0.39 is 23.4 Å². The van der Waals surface area contributed by atoms with E-state index in [0.29, 0.717) is 45.6 Å². The number of nitrogens with zero attached hydrogens (tertiary/aromatic N) is 3. The maximum atomic E-state index is 15.4. The minimum atomic E-state index is -0.893. The van der Waals surface area contributed by atoms with E-state index >= 15 is 8.78 Å². The summed E-state index contributed by atoms with van der Waals surface area (Å²) < 4.78 is 30.9. The molecule has 2 heterocycles.